The highest BCUT2D eigenvalue weighted by atomic mass is 19.1. The standard InChI is InChI=1S/C22H23FN4O2/c1-22(2,21(29)24-17-9-11-18(12-10-17)26(3)4)27-20(28)14-13-19(25-27)15-5-7-16(23)8-6-15/h5-14H,1-4H3,(H,24,29). The van der Waals surface area contributed by atoms with Gasteiger partial charge in [-0.15, -0.1) is 0 Å². The first-order valence-electron chi connectivity index (χ1n) is 9.14. The summed E-state index contributed by atoms with van der Waals surface area (Å²) in [7, 11) is 3.87. The van der Waals surface area contributed by atoms with Crippen LogP contribution in [0.4, 0.5) is 15.8 Å². The van der Waals surface area contributed by atoms with Crippen LogP contribution in [0.5, 0.6) is 0 Å². The molecule has 3 rings (SSSR count). The summed E-state index contributed by atoms with van der Waals surface area (Å²) in [6.07, 6.45) is 0. The maximum atomic E-state index is 13.2. The maximum absolute atomic E-state index is 13.2. The van der Waals surface area contributed by atoms with Crippen molar-refractivity contribution in [2.24, 2.45) is 0 Å². The van der Waals surface area contributed by atoms with E-state index in [-0.39, 0.29) is 11.7 Å². The fourth-order valence-corrected chi connectivity index (χ4v) is 2.81. The Labute approximate surface area is 168 Å². The Bertz CT molecular complexity index is 1070. The highest BCUT2D eigenvalue weighted by Crippen LogP contribution is 2.21. The van der Waals surface area contributed by atoms with Gasteiger partial charge >= 0.3 is 0 Å². The molecule has 0 radical (unpaired) electrons. The predicted octanol–water partition coefficient (Wildman–Crippen LogP) is 3.49. The summed E-state index contributed by atoms with van der Waals surface area (Å²) in [4.78, 5) is 27.3. The van der Waals surface area contributed by atoms with Crippen molar-refractivity contribution in [2.45, 2.75) is 19.4 Å². The summed E-state index contributed by atoms with van der Waals surface area (Å²) in [5, 5.41) is 7.19. The molecule has 29 heavy (non-hydrogen) atoms. The molecule has 3 aromatic rings. The Morgan fingerprint density at radius 1 is 1.00 bits per heavy atom. The molecule has 6 nitrogen and oxygen atoms in total. The van der Waals surface area contributed by atoms with Gasteiger partial charge in [0.25, 0.3) is 11.5 Å². The smallest absolute Gasteiger partial charge is 0.267 e. The zero-order chi connectivity index (χ0) is 21.2. The third-order valence-electron chi connectivity index (χ3n) is 4.67. The molecule has 1 aromatic heterocycles. The first-order valence-corrected chi connectivity index (χ1v) is 9.14. The lowest BCUT2D eigenvalue weighted by atomic mass is 10.0. The number of hydrogen-bond donors (Lipinski definition) is 1. The quantitative estimate of drug-likeness (QED) is 0.719. The van der Waals surface area contributed by atoms with Crippen molar-refractivity contribution in [1.82, 2.24) is 9.78 Å². The molecule has 1 amide bonds. The molecule has 150 valence electrons. The topological polar surface area (TPSA) is 67.2 Å². The van der Waals surface area contributed by atoms with E-state index in [0.29, 0.717) is 16.9 Å². The van der Waals surface area contributed by atoms with E-state index in [1.54, 1.807) is 44.2 Å². The molecule has 0 unspecified atom stereocenters. The van der Waals surface area contributed by atoms with Crippen molar-refractivity contribution in [2.75, 3.05) is 24.3 Å². The van der Waals surface area contributed by atoms with Gasteiger partial charge in [-0.3, -0.25) is 9.59 Å². The minimum Gasteiger partial charge on any atom is -0.378 e. The number of rotatable bonds is 5. The Hall–Kier alpha value is -3.48. The van der Waals surface area contributed by atoms with Gasteiger partial charge in [-0.2, -0.15) is 5.10 Å². The summed E-state index contributed by atoms with van der Waals surface area (Å²) in [5.41, 5.74) is 1.10. The zero-order valence-corrected chi connectivity index (χ0v) is 16.8. The number of carbonyl (C=O) groups is 1. The van der Waals surface area contributed by atoms with Gasteiger partial charge in [0, 0.05) is 37.1 Å². The van der Waals surface area contributed by atoms with Gasteiger partial charge in [0.05, 0.1) is 5.69 Å². The number of halogens is 1. The normalized spacial score (nSPS) is 11.2. The van der Waals surface area contributed by atoms with Crippen molar-refractivity contribution in [3.05, 3.63) is 76.8 Å². The Kier molecular flexibility index (Phi) is 5.50. The number of benzene rings is 2. The van der Waals surface area contributed by atoms with Crippen molar-refractivity contribution in [3.8, 4) is 11.3 Å². The van der Waals surface area contributed by atoms with Crippen LogP contribution in [0.25, 0.3) is 11.3 Å². The van der Waals surface area contributed by atoms with E-state index in [1.807, 2.05) is 31.1 Å². The van der Waals surface area contributed by atoms with Gasteiger partial charge in [-0.25, -0.2) is 9.07 Å². The zero-order valence-electron chi connectivity index (χ0n) is 16.8. The predicted molar refractivity (Wildman–Crippen MR) is 113 cm³/mol. The van der Waals surface area contributed by atoms with Gasteiger partial charge in [0.1, 0.15) is 11.4 Å². The summed E-state index contributed by atoms with van der Waals surface area (Å²) in [6.45, 7) is 3.25. The van der Waals surface area contributed by atoms with Gasteiger partial charge in [-0.1, -0.05) is 0 Å². The minimum atomic E-state index is -1.24. The van der Waals surface area contributed by atoms with E-state index in [0.717, 1.165) is 10.4 Å². The summed E-state index contributed by atoms with van der Waals surface area (Å²) < 4.78 is 14.3. The third kappa shape index (κ3) is 4.34. The number of nitrogens with zero attached hydrogens (tertiary/aromatic N) is 3. The minimum absolute atomic E-state index is 0.359. The lowest BCUT2D eigenvalue weighted by molar-refractivity contribution is -0.123. The van der Waals surface area contributed by atoms with Crippen molar-refractivity contribution in [1.29, 1.82) is 0 Å². The monoisotopic (exact) mass is 394 g/mol. The molecule has 0 fully saturated rings. The number of anilines is 2. The second-order valence-electron chi connectivity index (χ2n) is 7.43. The van der Waals surface area contributed by atoms with E-state index in [4.69, 9.17) is 0 Å². The van der Waals surface area contributed by atoms with Crippen LogP contribution >= 0.6 is 0 Å². The molecular formula is C22H23FN4O2. The van der Waals surface area contributed by atoms with Crippen LogP contribution in [0.15, 0.2) is 65.5 Å². The number of nitrogens with one attached hydrogen (secondary N) is 1. The van der Waals surface area contributed by atoms with E-state index in [9.17, 15) is 14.0 Å². The van der Waals surface area contributed by atoms with E-state index in [2.05, 4.69) is 10.4 Å². The second-order valence-corrected chi connectivity index (χ2v) is 7.43. The molecule has 1 heterocycles. The highest BCUT2D eigenvalue weighted by Gasteiger charge is 2.32. The Morgan fingerprint density at radius 3 is 2.21 bits per heavy atom. The molecule has 7 heteroatoms. The van der Waals surface area contributed by atoms with Crippen LogP contribution in [0.3, 0.4) is 0 Å². The lowest BCUT2D eigenvalue weighted by Crippen LogP contribution is -2.47. The number of amides is 1. The van der Waals surface area contributed by atoms with Crippen molar-refractivity contribution >= 4 is 17.3 Å². The molecule has 0 aliphatic heterocycles. The SMILES string of the molecule is CN(C)c1ccc(NC(=O)C(C)(C)n2nc(-c3ccc(F)cc3)ccc2=O)cc1. The van der Waals surface area contributed by atoms with Crippen LogP contribution in [-0.4, -0.2) is 29.8 Å². The van der Waals surface area contributed by atoms with E-state index < -0.39 is 11.1 Å². The van der Waals surface area contributed by atoms with E-state index in [1.165, 1.54) is 18.2 Å². The molecule has 0 aliphatic rings. The molecule has 2 aromatic carbocycles. The summed E-state index contributed by atoms with van der Waals surface area (Å²) in [5.74, 6) is -0.733. The van der Waals surface area contributed by atoms with Gasteiger partial charge in [-0.05, 0) is 68.4 Å². The molecule has 0 spiro atoms. The van der Waals surface area contributed by atoms with Gasteiger partial charge in [0.2, 0.25) is 0 Å². The summed E-state index contributed by atoms with van der Waals surface area (Å²) in [6, 6.07) is 16.1. The van der Waals surface area contributed by atoms with Gasteiger partial charge < -0.3 is 10.2 Å². The average Bonchev–Trinajstić information content (AvgIpc) is 2.69. The Morgan fingerprint density at radius 2 is 1.62 bits per heavy atom. The molecule has 0 saturated carbocycles. The average molecular weight is 394 g/mol. The molecular weight excluding hydrogens is 371 g/mol. The van der Waals surface area contributed by atoms with Crippen LogP contribution in [0.1, 0.15) is 13.8 Å². The maximum Gasteiger partial charge on any atom is 0.267 e. The first-order chi connectivity index (χ1) is 13.7. The van der Waals surface area contributed by atoms with Crippen molar-refractivity contribution < 1.29 is 9.18 Å². The number of carbonyl (C=O) groups excluding carboxylic acids is 1. The molecule has 0 bridgehead atoms. The fraction of sp³-hybridized carbons (Fsp3) is 0.227. The van der Waals surface area contributed by atoms with Gasteiger partial charge in [0.15, 0.2) is 0 Å². The van der Waals surface area contributed by atoms with Crippen LogP contribution in [-0.2, 0) is 10.3 Å². The number of hydrogen-bond acceptors (Lipinski definition) is 4. The Balaban J connectivity index is 1.89. The summed E-state index contributed by atoms with van der Waals surface area (Å²) >= 11 is 0. The van der Waals surface area contributed by atoms with Crippen molar-refractivity contribution in [3.63, 3.8) is 0 Å². The molecule has 0 aliphatic carbocycles. The molecule has 0 atom stereocenters. The largest absolute Gasteiger partial charge is 0.378 e. The molecule has 1 N–H and O–H groups in total. The molecule has 0 saturated heterocycles. The van der Waals surface area contributed by atoms with Crippen LogP contribution in [0, 0.1) is 5.82 Å². The van der Waals surface area contributed by atoms with Crippen LogP contribution in [0.2, 0.25) is 0 Å². The lowest BCUT2D eigenvalue weighted by Gasteiger charge is -2.25. The first kappa shape index (κ1) is 20.3. The fourth-order valence-electron chi connectivity index (χ4n) is 2.81. The third-order valence-corrected chi connectivity index (χ3v) is 4.67. The second kappa shape index (κ2) is 7.87. The van der Waals surface area contributed by atoms with E-state index >= 15 is 0 Å². The number of aromatic nitrogens is 2. The van der Waals surface area contributed by atoms with Crippen LogP contribution < -0.4 is 15.8 Å². The highest BCUT2D eigenvalue weighted by molar-refractivity contribution is 5.96.